The third-order valence-electron chi connectivity index (χ3n) is 2.48. The van der Waals surface area contributed by atoms with E-state index in [2.05, 4.69) is 0 Å². The summed E-state index contributed by atoms with van der Waals surface area (Å²) < 4.78 is 65.7. The van der Waals surface area contributed by atoms with E-state index < -0.39 is 34.7 Å². The average molecular weight is 346 g/mol. The van der Waals surface area contributed by atoms with Crippen molar-refractivity contribution in [2.45, 2.75) is 9.79 Å². The van der Waals surface area contributed by atoms with Crippen molar-refractivity contribution in [2.75, 3.05) is 27.3 Å². The van der Waals surface area contributed by atoms with Crippen molar-refractivity contribution in [1.82, 2.24) is 4.31 Å². The molecule has 0 saturated carbocycles. The monoisotopic (exact) mass is 345 g/mol. The fourth-order valence-corrected chi connectivity index (χ4v) is 3.31. The van der Waals surface area contributed by atoms with E-state index in [4.69, 9.17) is 15.4 Å². The molecule has 20 heavy (non-hydrogen) atoms. The summed E-state index contributed by atoms with van der Waals surface area (Å²) in [4.78, 5) is -1.13. The molecule has 0 bridgehead atoms. The molecule has 1 aromatic carbocycles. The van der Waals surface area contributed by atoms with Crippen LogP contribution in [0.3, 0.4) is 0 Å². The molecule has 1 aromatic rings. The Balaban J connectivity index is 3.21. The van der Waals surface area contributed by atoms with Gasteiger partial charge in [0.05, 0.1) is 11.5 Å². The van der Waals surface area contributed by atoms with E-state index in [1.165, 1.54) is 14.2 Å². The van der Waals surface area contributed by atoms with E-state index in [1.807, 2.05) is 0 Å². The fourth-order valence-electron chi connectivity index (χ4n) is 1.35. The fraction of sp³-hybridized carbons (Fsp3) is 0.400. The Morgan fingerprint density at radius 2 is 1.90 bits per heavy atom. The zero-order chi connectivity index (χ0) is 15.6. The Hall–Kier alpha value is -0.740. The zero-order valence-electron chi connectivity index (χ0n) is 10.7. The van der Waals surface area contributed by atoms with Crippen LogP contribution in [0, 0.1) is 5.82 Å². The quantitative estimate of drug-likeness (QED) is 0.719. The molecule has 0 aromatic heterocycles. The maximum Gasteiger partial charge on any atom is 0.261 e. The molecule has 0 spiro atoms. The molecule has 1 rings (SSSR count). The van der Waals surface area contributed by atoms with Crippen molar-refractivity contribution < 1.29 is 26.0 Å². The summed E-state index contributed by atoms with van der Waals surface area (Å²) >= 11 is 0. The predicted molar refractivity (Wildman–Crippen MR) is 71.1 cm³/mol. The predicted octanol–water partition coefficient (Wildman–Crippen LogP) is 1.02. The van der Waals surface area contributed by atoms with E-state index in [0.717, 1.165) is 16.4 Å². The third-order valence-corrected chi connectivity index (χ3v) is 5.73. The number of sulfonamides is 1. The van der Waals surface area contributed by atoms with Crippen molar-refractivity contribution in [3.63, 3.8) is 0 Å². The molecular weight excluding hydrogens is 333 g/mol. The van der Waals surface area contributed by atoms with Crippen molar-refractivity contribution in [1.29, 1.82) is 0 Å². The highest BCUT2D eigenvalue weighted by molar-refractivity contribution is 8.13. The number of nitrogens with zero attached hydrogens (tertiary/aromatic N) is 1. The Morgan fingerprint density at radius 1 is 1.30 bits per heavy atom. The van der Waals surface area contributed by atoms with Crippen molar-refractivity contribution >= 4 is 29.8 Å². The summed E-state index contributed by atoms with van der Waals surface area (Å²) in [6.45, 7) is 0.180. The topological polar surface area (TPSA) is 80.8 Å². The SMILES string of the molecule is COCCN(C)S(=O)(=O)c1ccc(S(=O)(=O)Cl)cc1F. The van der Waals surface area contributed by atoms with Crippen LogP contribution in [0.4, 0.5) is 4.39 Å². The molecule has 0 radical (unpaired) electrons. The Kier molecular flexibility index (Phi) is 5.50. The van der Waals surface area contributed by atoms with Gasteiger partial charge < -0.3 is 4.74 Å². The number of halogens is 2. The van der Waals surface area contributed by atoms with Crippen LogP contribution in [0.1, 0.15) is 0 Å². The molecule has 10 heteroatoms. The molecule has 0 fully saturated rings. The summed E-state index contributed by atoms with van der Waals surface area (Å²) in [5.74, 6) is -1.18. The van der Waals surface area contributed by atoms with E-state index in [-0.39, 0.29) is 13.2 Å². The number of rotatable bonds is 6. The normalized spacial score (nSPS) is 12.8. The van der Waals surface area contributed by atoms with Gasteiger partial charge in [-0.1, -0.05) is 0 Å². The average Bonchev–Trinajstić information content (AvgIpc) is 2.34. The largest absolute Gasteiger partial charge is 0.383 e. The van der Waals surface area contributed by atoms with Gasteiger partial charge in [-0.25, -0.2) is 21.2 Å². The molecule has 0 amide bonds. The third kappa shape index (κ3) is 3.89. The highest BCUT2D eigenvalue weighted by Gasteiger charge is 2.25. The number of hydrogen-bond acceptors (Lipinski definition) is 5. The highest BCUT2D eigenvalue weighted by atomic mass is 35.7. The summed E-state index contributed by atoms with van der Waals surface area (Å²) in [5, 5.41) is 0. The first-order chi connectivity index (χ1) is 9.10. The van der Waals surface area contributed by atoms with Crippen LogP contribution in [0.2, 0.25) is 0 Å². The molecule has 0 atom stereocenters. The van der Waals surface area contributed by atoms with Gasteiger partial charge in [0.15, 0.2) is 0 Å². The van der Waals surface area contributed by atoms with Gasteiger partial charge in [-0.2, -0.15) is 4.31 Å². The molecular formula is C10H13ClFNO5S2. The molecule has 0 aliphatic rings. The molecule has 0 aliphatic heterocycles. The second-order valence-electron chi connectivity index (χ2n) is 3.85. The van der Waals surface area contributed by atoms with Gasteiger partial charge >= 0.3 is 0 Å². The van der Waals surface area contributed by atoms with Crippen LogP contribution in [0.5, 0.6) is 0 Å². The molecule has 0 unspecified atom stereocenters. The Labute approximate surface area is 121 Å². The summed E-state index contributed by atoms with van der Waals surface area (Å²) in [6.07, 6.45) is 0. The lowest BCUT2D eigenvalue weighted by Gasteiger charge is -2.17. The van der Waals surface area contributed by atoms with Crippen molar-refractivity contribution in [2.24, 2.45) is 0 Å². The van der Waals surface area contributed by atoms with Gasteiger partial charge in [-0.15, -0.1) is 0 Å². The van der Waals surface area contributed by atoms with Gasteiger partial charge in [0.2, 0.25) is 10.0 Å². The number of likely N-dealkylation sites (N-methyl/N-ethyl adjacent to an activating group) is 1. The van der Waals surface area contributed by atoms with Crippen LogP contribution in [-0.4, -0.2) is 48.4 Å². The molecule has 0 aliphatic carbocycles. The van der Waals surface area contributed by atoms with Gasteiger partial charge in [0.1, 0.15) is 10.7 Å². The van der Waals surface area contributed by atoms with E-state index in [9.17, 15) is 21.2 Å². The van der Waals surface area contributed by atoms with Gasteiger partial charge in [-0.05, 0) is 18.2 Å². The minimum absolute atomic E-state index is 0.0355. The molecule has 6 nitrogen and oxygen atoms in total. The number of benzene rings is 1. The van der Waals surface area contributed by atoms with Gasteiger partial charge in [-0.3, -0.25) is 0 Å². The van der Waals surface area contributed by atoms with Crippen LogP contribution >= 0.6 is 10.7 Å². The minimum Gasteiger partial charge on any atom is -0.383 e. The lowest BCUT2D eigenvalue weighted by atomic mass is 10.3. The second kappa shape index (κ2) is 6.35. The van der Waals surface area contributed by atoms with E-state index in [1.54, 1.807) is 0 Å². The first-order valence-corrected chi connectivity index (χ1v) is 9.05. The lowest BCUT2D eigenvalue weighted by Crippen LogP contribution is -2.30. The van der Waals surface area contributed by atoms with Gasteiger partial charge in [0, 0.05) is 31.4 Å². The molecule has 0 N–H and O–H groups in total. The van der Waals surface area contributed by atoms with Crippen molar-refractivity contribution in [3.8, 4) is 0 Å². The number of methoxy groups -OCH3 is 1. The molecule has 0 saturated heterocycles. The van der Waals surface area contributed by atoms with Crippen LogP contribution in [0.15, 0.2) is 28.0 Å². The maximum absolute atomic E-state index is 13.8. The maximum atomic E-state index is 13.8. The highest BCUT2D eigenvalue weighted by Crippen LogP contribution is 2.23. The van der Waals surface area contributed by atoms with Crippen LogP contribution in [0.25, 0.3) is 0 Å². The summed E-state index contributed by atoms with van der Waals surface area (Å²) in [5.41, 5.74) is 0. The van der Waals surface area contributed by atoms with Crippen LogP contribution < -0.4 is 0 Å². The Bertz CT molecular complexity index is 690. The number of ether oxygens (including phenoxy) is 1. The lowest BCUT2D eigenvalue weighted by molar-refractivity contribution is 0.185. The zero-order valence-corrected chi connectivity index (χ0v) is 13.1. The second-order valence-corrected chi connectivity index (χ2v) is 8.43. The Morgan fingerprint density at radius 3 is 2.35 bits per heavy atom. The van der Waals surface area contributed by atoms with E-state index >= 15 is 0 Å². The first kappa shape index (κ1) is 17.3. The minimum atomic E-state index is -4.12. The van der Waals surface area contributed by atoms with Gasteiger partial charge in [0.25, 0.3) is 9.05 Å². The first-order valence-electron chi connectivity index (χ1n) is 5.30. The standard InChI is InChI=1S/C10H13ClFNO5S2/c1-13(5-6-18-2)20(16,17)10-4-3-8(7-9(10)12)19(11,14)15/h3-4,7H,5-6H2,1-2H3. The van der Waals surface area contributed by atoms with E-state index in [0.29, 0.717) is 6.07 Å². The summed E-state index contributed by atoms with van der Waals surface area (Å²) in [7, 11) is -0.457. The van der Waals surface area contributed by atoms with Crippen LogP contribution in [-0.2, 0) is 23.8 Å². The molecule has 114 valence electrons. The smallest absolute Gasteiger partial charge is 0.261 e. The number of hydrogen-bond donors (Lipinski definition) is 0. The molecule has 0 heterocycles. The summed E-state index contributed by atoms with van der Waals surface area (Å²) in [6, 6.07) is 2.37. The van der Waals surface area contributed by atoms with Crippen molar-refractivity contribution in [3.05, 3.63) is 24.0 Å².